The SMILES string of the molecule is Cc1[c-]cc(C)[nH]1.[CH2-]C.[Ru+3].c1cc[cH-]c1. The molecule has 2 aromatic rings. The van der Waals surface area contributed by atoms with Crippen LogP contribution in [0.25, 0.3) is 0 Å². The van der Waals surface area contributed by atoms with E-state index in [2.05, 4.69) is 18.0 Å². The van der Waals surface area contributed by atoms with Crippen LogP contribution >= 0.6 is 0 Å². The molecule has 2 rings (SSSR count). The first-order valence-electron chi connectivity index (χ1n) is 4.70. The molecule has 1 N–H and O–H groups in total. The smallest absolute Gasteiger partial charge is 0.456 e. The van der Waals surface area contributed by atoms with Crippen LogP contribution in [0.2, 0.25) is 0 Å². The van der Waals surface area contributed by atoms with Gasteiger partial charge in [0.2, 0.25) is 0 Å². The molecule has 0 unspecified atom stereocenters. The summed E-state index contributed by atoms with van der Waals surface area (Å²) in [5.41, 5.74) is 2.29. The standard InChI is InChI=1S/C6H8N.C5H5.C2H5.Ru/c1-5-3-4-6(2)7-5;1-2-4-5-3-1;1-2;/h3,7H,1-2H3;1-5H;1H2,2H3;/q3*-1;+3. The third-order valence-electron chi connectivity index (χ3n) is 1.45. The Kier molecular flexibility index (Phi) is 12.6. The first-order chi connectivity index (χ1) is 6.79. The van der Waals surface area contributed by atoms with Crippen molar-refractivity contribution in [2.24, 2.45) is 0 Å². The fourth-order valence-electron chi connectivity index (χ4n) is 0.905. The summed E-state index contributed by atoms with van der Waals surface area (Å²) in [6.07, 6.45) is 0. The van der Waals surface area contributed by atoms with Crippen LogP contribution < -0.4 is 0 Å². The largest absolute Gasteiger partial charge is 3.00 e. The van der Waals surface area contributed by atoms with Gasteiger partial charge in [-0.1, -0.05) is 12.6 Å². The summed E-state index contributed by atoms with van der Waals surface area (Å²) in [4.78, 5) is 3.08. The summed E-state index contributed by atoms with van der Waals surface area (Å²) in [5.74, 6) is 0. The van der Waals surface area contributed by atoms with Crippen LogP contribution in [0.1, 0.15) is 18.3 Å². The van der Waals surface area contributed by atoms with Crippen LogP contribution in [0.15, 0.2) is 36.4 Å². The molecule has 0 saturated carbocycles. The molecule has 0 saturated heterocycles. The predicted molar refractivity (Wildman–Crippen MR) is 62.2 cm³/mol. The van der Waals surface area contributed by atoms with Crippen molar-refractivity contribution in [3.8, 4) is 0 Å². The summed E-state index contributed by atoms with van der Waals surface area (Å²) in [6.45, 7) is 9.01. The Morgan fingerprint density at radius 3 is 1.87 bits per heavy atom. The summed E-state index contributed by atoms with van der Waals surface area (Å²) in [6, 6.07) is 15.0. The molecule has 0 aliphatic heterocycles. The third kappa shape index (κ3) is 9.56. The van der Waals surface area contributed by atoms with Gasteiger partial charge in [-0.05, 0) is 6.92 Å². The fraction of sp³-hybridized carbons (Fsp3) is 0.231. The number of hydrogen-bond donors (Lipinski definition) is 1. The maximum absolute atomic E-state index is 3.25. The number of H-pyrrole nitrogens is 1. The van der Waals surface area contributed by atoms with Crippen molar-refractivity contribution in [2.45, 2.75) is 20.8 Å². The number of nitrogens with one attached hydrogen (secondary N) is 1. The summed E-state index contributed by atoms with van der Waals surface area (Å²) in [7, 11) is 0. The van der Waals surface area contributed by atoms with E-state index < -0.39 is 0 Å². The van der Waals surface area contributed by atoms with Gasteiger partial charge in [-0.3, -0.25) is 0 Å². The van der Waals surface area contributed by atoms with E-state index >= 15 is 0 Å². The van der Waals surface area contributed by atoms with Gasteiger partial charge in [-0.25, -0.2) is 24.3 Å². The maximum Gasteiger partial charge on any atom is 3.00 e. The molecule has 0 aliphatic rings. The summed E-state index contributed by atoms with van der Waals surface area (Å²) < 4.78 is 0. The third-order valence-corrected chi connectivity index (χ3v) is 1.45. The zero-order valence-corrected chi connectivity index (χ0v) is 11.3. The molecule has 83 valence electrons. The Labute approximate surface area is 106 Å². The van der Waals surface area contributed by atoms with Crippen LogP contribution in [0.3, 0.4) is 0 Å². The Hall–Kier alpha value is -0.747. The minimum atomic E-state index is 0. The minimum Gasteiger partial charge on any atom is -0.456 e. The van der Waals surface area contributed by atoms with Gasteiger partial charge in [0.05, 0.1) is 0 Å². The maximum atomic E-state index is 3.25. The van der Waals surface area contributed by atoms with Crippen molar-refractivity contribution < 1.29 is 19.5 Å². The molecule has 1 nitrogen and oxygen atoms in total. The number of aromatic nitrogens is 1. The Bertz CT molecular complexity index is 262. The van der Waals surface area contributed by atoms with Crippen molar-refractivity contribution in [1.82, 2.24) is 4.98 Å². The van der Waals surface area contributed by atoms with Crippen molar-refractivity contribution in [2.75, 3.05) is 0 Å². The van der Waals surface area contributed by atoms with Crippen molar-refractivity contribution in [1.29, 1.82) is 0 Å². The zero-order valence-electron chi connectivity index (χ0n) is 9.52. The molecular weight excluding hydrogens is 271 g/mol. The molecule has 1 radical (unpaired) electrons. The van der Waals surface area contributed by atoms with Gasteiger partial charge in [0.15, 0.2) is 0 Å². The van der Waals surface area contributed by atoms with Gasteiger partial charge < -0.3 is 11.9 Å². The van der Waals surface area contributed by atoms with E-state index in [1.165, 1.54) is 5.69 Å². The van der Waals surface area contributed by atoms with Gasteiger partial charge in [-0.2, -0.15) is 25.1 Å². The van der Waals surface area contributed by atoms with E-state index in [4.69, 9.17) is 0 Å². The second-order valence-corrected chi connectivity index (χ2v) is 2.68. The van der Waals surface area contributed by atoms with Crippen LogP contribution in [-0.4, -0.2) is 4.98 Å². The Morgan fingerprint density at radius 2 is 1.73 bits per heavy atom. The first kappa shape index (κ1) is 16.7. The van der Waals surface area contributed by atoms with E-state index in [1.807, 2.05) is 50.2 Å². The number of aromatic amines is 1. The molecular formula is C13H18NRu. The molecule has 2 heteroatoms. The summed E-state index contributed by atoms with van der Waals surface area (Å²) >= 11 is 0. The molecule has 0 spiro atoms. The van der Waals surface area contributed by atoms with Gasteiger partial charge in [0.25, 0.3) is 0 Å². The molecule has 1 aromatic carbocycles. The second kappa shape index (κ2) is 11.3. The molecule has 1 aromatic heterocycles. The number of rotatable bonds is 0. The first-order valence-corrected chi connectivity index (χ1v) is 4.70. The van der Waals surface area contributed by atoms with Crippen molar-refractivity contribution in [3.63, 3.8) is 0 Å². The van der Waals surface area contributed by atoms with Crippen LogP contribution in [0, 0.1) is 26.8 Å². The van der Waals surface area contributed by atoms with Crippen molar-refractivity contribution >= 4 is 0 Å². The minimum absolute atomic E-state index is 0. The molecule has 15 heavy (non-hydrogen) atoms. The number of aryl methyl sites for hydroxylation is 2. The summed E-state index contributed by atoms with van der Waals surface area (Å²) in [5, 5.41) is 0. The molecule has 1 heterocycles. The quantitative estimate of drug-likeness (QED) is 0.562. The Balaban J connectivity index is 0. The molecule has 0 atom stereocenters. The second-order valence-electron chi connectivity index (χ2n) is 2.68. The normalized spacial score (nSPS) is 7.47. The van der Waals surface area contributed by atoms with E-state index in [9.17, 15) is 0 Å². The van der Waals surface area contributed by atoms with Crippen LogP contribution in [0.5, 0.6) is 0 Å². The average Bonchev–Trinajstić information content (AvgIpc) is 2.84. The monoisotopic (exact) mass is 290 g/mol. The predicted octanol–water partition coefficient (Wildman–Crippen LogP) is 3.68. The number of hydrogen-bond acceptors (Lipinski definition) is 0. The van der Waals surface area contributed by atoms with Gasteiger partial charge >= 0.3 is 19.5 Å². The zero-order chi connectivity index (χ0) is 10.8. The molecule has 0 amide bonds. The molecule has 0 fully saturated rings. The molecule has 0 bridgehead atoms. The van der Waals surface area contributed by atoms with Gasteiger partial charge in [0, 0.05) is 0 Å². The van der Waals surface area contributed by atoms with Crippen molar-refractivity contribution in [3.05, 3.63) is 60.8 Å². The van der Waals surface area contributed by atoms with E-state index in [0.29, 0.717) is 0 Å². The molecule has 0 aliphatic carbocycles. The van der Waals surface area contributed by atoms with E-state index in [0.717, 1.165) is 5.69 Å². The topological polar surface area (TPSA) is 15.8 Å². The van der Waals surface area contributed by atoms with E-state index in [1.54, 1.807) is 6.92 Å². The fourth-order valence-corrected chi connectivity index (χ4v) is 0.905. The average molecular weight is 289 g/mol. The van der Waals surface area contributed by atoms with Gasteiger partial charge in [0.1, 0.15) is 0 Å². The van der Waals surface area contributed by atoms with Crippen LogP contribution in [0.4, 0.5) is 0 Å². The van der Waals surface area contributed by atoms with E-state index in [-0.39, 0.29) is 19.5 Å². The Morgan fingerprint density at radius 1 is 1.20 bits per heavy atom. The van der Waals surface area contributed by atoms with Crippen LogP contribution in [-0.2, 0) is 19.5 Å². The van der Waals surface area contributed by atoms with Gasteiger partial charge in [-0.15, -0.1) is 5.69 Å².